The second kappa shape index (κ2) is 6.18. The van der Waals surface area contributed by atoms with Gasteiger partial charge in [0.2, 0.25) is 0 Å². The highest BCUT2D eigenvalue weighted by atomic mass is 16.5. The normalized spacial score (nSPS) is 24.8. The fourth-order valence-corrected chi connectivity index (χ4v) is 2.57. The van der Waals surface area contributed by atoms with Gasteiger partial charge in [0.15, 0.2) is 0 Å². The van der Waals surface area contributed by atoms with Crippen LogP contribution in [0.25, 0.3) is 0 Å². The predicted octanol–water partition coefficient (Wildman–Crippen LogP) is 3.04. The zero-order valence-electron chi connectivity index (χ0n) is 10.9. The van der Waals surface area contributed by atoms with Gasteiger partial charge in [0.1, 0.15) is 0 Å². The fourth-order valence-electron chi connectivity index (χ4n) is 2.57. The van der Waals surface area contributed by atoms with Gasteiger partial charge in [0.25, 0.3) is 0 Å². The first-order valence-electron chi connectivity index (χ1n) is 6.61. The Morgan fingerprint density at radius 3 is 2.59 bits per heavy atom. The Balaban J connectivity index is 1.86. The Morgan fingerprint density at radius 2 is 1.88 bits per heavy atom. The number of rotatable bonds is 4. The zero-order chi connectivity index (χ0) is 12.1. The van der Waals surface area contributed by atoms with Gasteiger partial charge in [-0.1, -0.05) is 42.7 Å². The molecule has 0 aliphatic heterocycles. The topological polar surface area (TPSA) is 21.3 Å². The van der Waals surface area contributed by atoms with Crippen molar-refractivity contribution in [2.24, 2.45) is 0 Å². The highest BCUT2D eigenvalue weighted by Crippen LogP contribution is 2.21. The molecule has 1 aromatic rings. The van der Waals surface area contributed by atoms with Crippen molar-refractivity contribution in [2.45, 2.75) is 51.3 Å². The van der Waals surface area contributed by atoms with Crippen LogP contribution in [-0.4, -0.2) is 19.3 Å². The van der Waals surface area contributed by atoms with Gasteiger partial charge < -0.3 is 10.1 Å². The average molecular weight is 233 g/mol. The largest absolute Gasteiger partial charge is 0.380 e. The first-order chi connectivity index (χ1) is 8.29. The van der Waals surface area contributed by atoms with E-state index in [1.165, 1.54) is 36.8 Å². The summed E-state index contributed by atoms with van der Waals surface area (Å²) in [5.41, 5.74) is 2.68. The Morgan fingerprint density at radius 1 is 1.18 bits per heavy atom. The van der Waals surface area contributed by atoms with Gasteiger partial charge in [0, 0.05) is 19.7 Å². The van der Waals surface area contributed by atoms with Crippen LogP contribution in [0.5, 0.6) is 0 Å². The van der Waals surface area contributed by atoms with Crippen LogP contribution >= 0.6 is 0 Å². The Bertz CT molecular complexity index is 333. The molecule has 0 saturated heterocycles. The summed E-state index contributed by atoms with van der Waals surface area (Å²) in [7, 11) is 1.83. The molecule has 0 aromatic heterocycles. The maximum Gasteiger partial charge on any atom is 0.0724 e. The minimum atomic E-state index is 0.397. The third kappa shape index (κ3) is 3.55. The molecule has 0 bridgehead atoms. The van der Waals surface area contributed by atoms with E-state index in [1.807, 2.05) is 7.11 Å². The standard InChI is InChI=1S/C15H23NO/c1-12-7-9-13(10-8-12)11-16-14-5-3-4-6-15(14)17-2/h7-10,14-16H,3-6,11H2,1-2H3. The van der Waals surface area contributed by atoms with Crippen LogP contribution in [0.2, 0.25) is 0 Å². The summed E-state index contributed by atoms with van der Waals surface area (Å²) < 4.78 is 5.55. The number of methoxy groups -OCH3 is 1. The van der Waals surface area contributed by atoms with Crippen LogP contribution in [0, 0.1) is 6.92 Å². The maximum atomic E-state index is 5.55. The maximum absolute atomic E-state index is 5.55. The third-order valence-corrected chi connectivity index (χ3v) is 3.69. The average Bonchev–Trinajstić information content (AvgIpc) is 2.38. The second-order valence-electron chi connectivity index (χ2n) is 5.03. The van der Waals surface area contributed by atoms with E-state index in [1.54, 1.807) is 0 Å². The van der Waals surface area contributed by atoms with Crippen LogP contribution < -0.4 is 5.32 Å². The van der Waals surface area contributed by atoms with Gasteiger partial charge in [-0.05, 0) is 25.3 Å². The number of benzene rings is 1. The molecule has 1 aromatic carbocycles. The second-order valence-corrected chi connectivity index (χ2v) is 5.03. The smallest absolute Gasteiger partial charge is 0.0724 e. The Hall–Kier alpha value is -0.860. The Kier molecular flexibility index (Phi) is 4.57. The molecular formula is C15H23NO. The van der Waals surface area contributed by atoms with Gasteiger partial charge in [-0.15, -0.1) is 0 Å². The molecule has 0 heterocycles. The van der Waals surface area contributed by atoms with Crippen LogP contribution in [0.1, 0.15) is 36.8 Å². The van der Waals surface area contributed by atoms with Crippen LogP contribution in [0.15, 0.2) is 24.3 Å². The minimum absolute atomic E-state index is 0.397. The predicted molar refractivity (Wildman–Crippen MR) is 71.1 cm³/mol. The molecule has 2 rings (SSSR count). The van der Waals surface area contributed by atoms with Gasteiger partial charge in [-0.2, -0.15) is 0 Å². The first kappa shape index (κ1) is 12.6. The lowest BCUT2D eigenvalue weighted by Gasteiger charge is -2.31. The van der Waals surface area contributed by atoms with Gasteiger partial charge >= 0.3 is 0 Å². The quantitative estimate of drug-likeness (QED) is 0.863. The summed E-state index contributed by atoms with van der Waals surface area (Å²) in [5.74, 6) is 0. The van der Waals surface area contributed by atoms with E-state index in [0.717, 1.165) is 6.54 Å². The number of hydrogen-bond donors (Lipinski definition) is 1. The summed E-state index contributed by atoms with van der Waals surface area (Å²) >= 11 is 0. The molecule has 17 heavy (non-hydrogen) atoms. The molecule has 0 spiro atoms. The molecule has 0 radical (unpaired) electrons. The lowest BCUT2D eigenvalue weighted by molar-refractivity contribution is 0.0413. The molecule has 2 heteroatoms. The van der Waals surface area contributed by atoms with Crippen molar-refractivity contribution in [3.8, 4) is 0 Å². The molecule has 2 unspecified atom stereocenters. The molecule has 0 amide bonds. The summed E-state index contributed by atoms with van der Waals surface area (Å²) in [6.45, 7) is 3.07. The lowest BCUT2D eigenvalue weighted by atomic mass is 9.92. The molecule has 2 nitrogen and oxygen atoms in total. The monoisotopic (exact) mass is 233 g/mol. The molecule has 1 saturated carbocycles. The minimum Gasteiger partial charge on any atom is -0.380 e. The van der Waals surface area contributed by atoms with E-state index in [0.29, 0.717) is 12.1 Å². The highest BCUT2D eigenvalue weighted by Gasteiger charge is 2.23. The number of aryl methyl sites for hydroxylation is 1. The van der Waals surface area contributed by atoms with Crippen LogP contribution in [-0.2, 0) is 11.3 Å². The lowest BCUT2D eigenvalue weighted by Crippen LogP contribution is -2.42. The first-order valence-corrected chi connectivity index (χ1v) is 6.61. The van der Waals surface area contributed by atoms with E-state index in [-0.39, 0.29) is 0 Å². The van der Waals surface area contributed by atoms with Crippen molar-refractivity contribution in [3.63, 3.8) is 0 Å². The summed E-state index contributed by atoms with van der Waals surface area (Å²) in [6.07, 6.45) is 5.47. The summed E-state index contributed by atoms with van der Waals surface area (Å²) in [6, 6.07) is 9.27. The van der Waals surface area contributed by atoms with Crippen LogP contribution in [0.4, 0.5) is 0 Å². The third-order valence-electron chi connectivity index (χ3n) is 3.69. The van der Waals surface area contributed by atoms with Crippen LogP contribution in [0.3, 0.4) is 0 Å². The molecule has 2 atom stereocenters. The van der Waals surface area contributed by atoms with E-state index >= 15 is 0 Å². The van der Waals surface area contributed by atoms with Crippen molar-refractivity contribution >= 4 is 0 Å². The molecular weight excluding hydrogens is 210 g/mol. The number of nitrogens with one attached hydrogen (secondary N) is 1. The van der Waals surface area contributed by atoms with Crippen molar-refractivity contribution < 1.29 is 4.74 Å². The molecule has 1 fully saturated rings. The van der Waals surface area contributed by atoms with Crippen molar-refractivity contribution in [1.82, 2.24) is 5.32 Å². The van der Waals surface area contributed by atoms with Crippen molar-refractivity contribution in [3.05, 3.63) is 35.4 Å². The van der Waals surface area contributed by atoms with E-state index in [2.05, 4.69) is 36.5 Å². The fraction of sp³-hybridized carbons (Fsp3) is 0.600. The van der Waals surface area contributed by atoms with Crippen molar-refractivity contribution in [1.29, 1.82) is 0 Å². The molecule has 1 aliphatic carbocycles. The van der Waals surface area contributed by atoms with E-state index < -0.39 is 0 Å². The summed E-state index contributed by atoms with van der Waals surface area (Å²) in [5, 5.41) is 3.63. The van der Waals surface area contributed by atoms with Gasteiger partial charge in [-0.3, -0.25) is 0 Å². The van der Waals surface area contributed by atoms with Gasteiger partial charge in [-0.25, -0.2) is 0 Å². The molecule has 1 N–H and O–H groups in total. The van der Waals surface area contributed by atoms with E-state index in [4.69, 9.17) is 4.74 Å². The molecule has 94 valence electrons. The van der Waals surface area contributed by atoms with E-state index in [9.17, 15) is 0 Å². The van der Waals surface area contributed by atoms with Gasteiger partial charge in [0.05, 0.1) is 6.10 Å². The highest BCUT2D eigenvalue weighted by molar-refractivity contribution is 5.21. The SMILES string of the molecule is COC1CCCCC1NCc1ccc(C)cc1. The van der Waals surface area contributed by atoms with Crippen molar-refractivity contribution in [2.75, 3.05) is 7.11 Å². The Labute approximate surface area is 104 Å². The number of ether oxygens (including phenoxy) is 1. The zero-order valence-corrected chi connectivity index (χ0v) is 10.9. The molecule has 1 aliphatic rings. The summed E-state index contributed by atoms with van der Waals surface area (Å²) in [4.78, 5) is 0. The number of hydrogen-bond acceptors (Lipinski definition) is 2.